The number of nitrogens with one attached hydrogen (secondary N) is 1. The van der Waals surface area contributed by atoms with Crippen LogP contribution in [-0.2, 0) is 10.0 Å². The molecule has 19 heavy (non-hydrogen) atoms. The highest BCUT2D eigenvalue weighted by atomic mass is 79.9. The van der Waals surface area contributed by atoms with Crippen molar-refractivity contribution in [3.8, 4) is 0 Å². The van der Waals surface area contributed by atoms with Crippen molar-refractivity contribution in [3.63, 3.8) is 0 Å². The average molecular weight is 366 g/mol. The second-order valence-electron chi connectivity index (χ2n) is 4.26. The lowest BCUT2D eigenvalue weighted by molar-refractivity contribution is 0.574. The fourth-order valence-electron chi connectivity index (χ4n) is 1.63. The maximum absolute atomic E-state index is 11.9. The number of hydrogen-bond donors (Lipinski definition) is 1. The normalized spacial score (nSPS) is 11.7. The molecule has 1 aromatic carbocycles. The van der Waals surface area contributed by atoms with Crippen LogP contribution in [0.3, 0.4) is 0 Å². The molecule has 0 saturated carbocycles. The van der Waals surface area contributed by atoms with Crippen LogP contribution in [0.5, 0.6) is 0 Å². The molecule has 0 heterocycles. The minimum absolute atomic E-state index is 0.318. The van der Waals surface area contributed by atoms with E-state index in [1.165, 1.54) is 18.6 Å². The molecule has 0 bridgehead atoms. The Morgan fingerprint density at radius 3 is 2.37 bits per heavy atom. The van der Waals surface area contributed by atoms with Crippen LogP contribution >= 0.6 is 27.7 Å². The fourth-order valence-corrected chi connectivity index (χ4v) is 3.46. The Balaban J connectivity index is 2.29. The van der Waals surface area contributed by atoms with E-state index in [0.29, 0.717) is 11.4 Å². The molecule has 0 spiro atoms. The highest BCUT2D eigenvalue weighted by Gasteiger charge is 2.12. The van der Waals surface area contributed by atoms with Gasteiger partial charge in [0.2, 0.25) is 10.0 Å². The van der Waals surface area contributed by atoms with Crippen molar-refractivity contribution in [2.24, 2.45) is 0 Å². The molecule has 0 aliphatic heterocycles. The van der Waals surface area contributed by atoms with E-state index < -0.39 is 10.0 Å². The Bertz CT molecular complexity index is 460. The van der Waals surface area contributed by atoms with Gasteiger partial charge < -0.3 is 0 Å². The predicted octanol–water partition coefficient (Wildman–Crippen LogP) is 3.65. The van der Waals surface area contributed by atoms with Crippen molar-refractivity contribution >= 4 is 37.7 Å². The van der Waals surface area contributed by atoms with Crippen LogP contribution in [0, 0.1) is 0 Å². The van der Waals surface area contributed by atoms with Crippen molar-refractivity contribution < 1.29 is 8.42 Å². The molecule has 0 aliphatic carbocycles. The van der Waals surface area contributed by atoms with E-state index in [4.69, 9.17) is 0 Å². The van der Waals surface area contributed by atoms with Crippen LogP contribution in [0.2, 0.25) is 0 Å². The summed E-state index contributed by atoms with van der Waals surface area (Å²) in [5.74, 6) is 1.19. The van der Waals surface area contributed by atoms with E-state index in [9.17, 15) is 8.42 Å². The zero-order chi connectivity index (χ0) is 14.1. The summed E-state index contributed by atoms with van der Waals surface area (Å²) in [5.41, 5.74) is 0. The summed E-state index contributed by atoms with van der Waals surface area (Å²) in [6.07, 6.45) is 6.45. The van der Waals surface area contributed by atoms with E-state index >= 15 is 0 Å². The predicted molar refractivity (Wildman–Crippen MR) is 86.2 cm³/mol. The number of thioether (sulfide) groups is 1. The molecular weight excluding hydrogens is 346 g/mol. The van der Waals surface area contributed by atoms with Gasteiger partial charge in [0, 0.05) is 11.0 Å². The molecule has 0 aliphatic rings. The lowest BCUT2D eigenvalue weighted by Gasteiger charge is -2.06. The summed E-state index contributed by atoms with van der Waals surface area (Å²) in [7, 11) is -3.35. The van der Waals surface area contributed by atoms with Gasteiger partial charge in [0.1, 0.15) is 0 Å². The van der Waals surface area contributed by atoms with Gasteiger partial charge in [-0.05, 0) is 49.1 Å². The summed E-state index contributed by atoms with van der Waals surface area (Å²) in [4.78, 5) is 0.318. The van der Waals surface area contributed by atoms with E-state index in [-0.39, 0.29) is 0 Å². The highest BCUT2D eigenvalue weighted by molar-refractivity contribution is 9.10. The van der Waals surface area contributed by atoms with Gasteiger partial charge in [-0.25, -0.2) is 13.1 Å². The van der Waals surface area contributed by atoms with Gasteiger partial charge in [0.05, 0.1) is 4.90 Å². The quantitative estimate of drug-likeness (QED) is 0.679. The third-order valence-corrected chi connectivity index (χ3v) is 5.39. The van der Waals surface area contributed by atoms with Crippen LogP contribution in [0.25, 0.3) is 0 Å². The molecule has 0 fully saturated rings. The lowest BCUT2D eigenvalue weighted by atomic mass is 10.2. The second-order valence-corrected chi connectivity index (χ2v) is 7.93. The minimum Gasteiger partial charge on any atom is -0.211 e. The number of unbranched alkanes of at least 4 members (excludes halogenated alkanes) is 3. The van der Waals surface area contributed by atoms with Crippen molar-refractivity contribution in [3.05, 3.63) is 28.7 Å². The Morgan fingerprint density at radius 2 is 1.74 bits per heavy atom. The van der Waals surface area contributed by atoms with Crippen LogP contribution in [-0.4, -0.2) is 27.0 Å². The maximum atomic E-state index is 11.9. The molecule has 1 aromatic rings. The third kappa shape index (κ3) is 6.79. The molecule has 0 aromatic heterocycles. The van der Waals surface area contributed by atoms with Gasteiger partial charge in [0.15, 0.2) is 0 Å². The Labute approximate surface area is 128 Å². The molecule has 3 nitrogen and oxygen atoms in total. The summed E-state index contributed by atoms with van der Waals surface area (Å²) in [6, 6.07) is 6.67. The zero-order valence-electron chi connectivity index (χ0n) is 11.1. The third-order valence-electron chi connectivity index (χ3n) is 2.69. The van der Waals surface area contributed by atoms with Gasteiger partial charge in [-0.2, -0.15) is 11.8 Å². The first-order valence-electron chi connectivity index (χ1n) is 6.30. The van der Waals surface area contributed by atoms with Crippen molar-refractivity contribution in [1.29, 1.82) is 0 Å². The van der Waals surface area contributed by atoms with Crippen LogP contribution in [0.4, 0.5) is 0 Å². The van der Waals surface area contributed by atoms with Crippen molar-refractivity contribution in [1.82, 2.24) is 4.72 Å². The smallest absolute Gasteiger partial charge is 0.211 e. The molecule has 108 valence electrons. The van der Waals surface area contributed by atoms with Gasteiger partial charge >= 0.3 is 0 Å². The van der Waals surface area contributed by atoms with Crippen molar-refractivity contribution in [2.75, 3.05) is 18.6 Å². The topological polar surface area (TPSA) is 46.2 Å². The first-order chi connectivity index (χ1) is 9.06. The lowest BCUT2D eigenvalue weighted by Crippen LogP contribution is -2.24. The number of halogens is 1. The summed E-state index contributed by atoms with van der Waals surface area (Å²) in [6.45, 7) is 0.512. The SMILES string of the molecule is CSCCCCCCNS(=O)(=O)c1ccc(Br)cc1. The van der Waals surface area contributed by atoms with E-state index in [2.05, 4.69) is 26.9 Å². The largest absolute Gasteiger partial charge is 0.240 e. The average Bonchev–Trinajstić information content (AvgIpc) is 2.38. The summed E-state index contributed by atoms with van der Waals surface area (Å²) in [5, 5.41) is 0. The number of rotatable bonds is 9. The summed E-state index contributed by atoms with van der Waals surface area (Å²) < 4.78 is 27.4. The molecule has 0 saturated heterocycles. The zero-order valence-corrected chi connectivity index (χ0v) is 14.3. The molecule has 0 atom stereocenters. The highest BCUT2D eigenvalue weighted by Crippen LogP contribution is 2.14. The first kappa shape index (κ1) is 17.0. The number of benzene rings is 1. The molecule has 0 amide bonds. The molecule has 0 radical (unpaired) electrons. The van der Waals surface area contributed by atoms with Gasteiger partial charge in [-0.15, -0.1) is 0 Å². The maximum Gasteiger partial charge on any atom is 0.240 e. The summed E-state index contributed by atoms with van der Waals surface area (Å²) >= 11 is 5.14. The minimum atomic E-state index is -3.35. The van der Waals surface area contributed by atoms with Crippen LogP contribution < -0.4 is 4.72 Å². The van der Waals surface area contributed by atoms with Gasteiger partial charge in [-0.3, -0.25) is 0 Å². The van der Waals surface area contributed by atoms with E-state index in [1.54, 1.807) is 24.3 Å². The van der Waals surface area contributed by atoms with Gasteiger partial charge in [-0.1, -0.05) is 28.8 Å². The molecular formula is C13H20BrNO2S2. The van der Waals surface area contributed by atoms with E-state index in [0.717, 1.165) is 17.3 Å². The van der Waals surface area contributed by atoms with Crippen molar-refractivity contribution in [2.45, 2.75) is 30.6 Å². The number of hydrogen-bond acceptors (Lipinski definition) is 3. The standard InChI is InChI=1S/C13H20BrNO2S2/c1-18-11-5-3-2-4-10-15-19(16,17)13-8-6-12(14)7-9-13/h6-9,15H,2-5,10-11H2,1H3. The Morgan fingerprint density at radius 1 is 1.11 bits per heavy atom. The van der Waals surface area contributed by atoms with Gasteiger partial charge in [0.25, 0.3) is 0 Å². The number of sulfonamides is 1. The Kier molecular flexibility index (Phi) is 8.06. The molecule has 6 heteroatoms. The second kappa shape index (κ2) is 9.00. The van der Waals surface area contributed by atoms with Crippen LogP contribution in [0.1, 0.15) is 25.7 Å². The Hall–Kier alpha value is -0.0400. The molecule has 1 N–H and O–H groups in total. The van der Waals surface area contributed by atoms with Crippen LogP contribution in [0.15, 0.2) is 33.6 Å². The van der Waals surface area contributed by atoms with E-state index in [1.807, 2.05) is 11.8 Å². The fraction of sp³-hybridized carbons (Fsp3) is 0.538. The monoisotopic (exact) mass is 365 g/mol. The molecule has 0 unspecified atom stereocenters. The first-order valence-corrected chi connectivity index (χ1v) is 9.97. The molecule has 1 rings (SSSR count).